The third-order valence-corrected chi connectivity index (χ3v) is 3.23. The smallest absolute Gasteiger partial charge is 0.406 e. The number of aromatic nitrogens is 2. The van der Waals surface area contributed by atoms with Gasteiger partial charge in [-0.1, -0.05) is 13.8 Å². The second kappa shape index (κ2) is 5.35. The van der Waals surface area contributed by atoms with Crippen LogP contribution in [0.25, 0.3) is 11.2 Å². The Bertz CT molecular complexity index is 571. The van der Waals surface area contributed by atoms with Gasteiger partial charge in [-0.05, 0) is 25.0 Å². The van der Waals surface area contributed by atoms with Crippen LogP contribution < -0.4 is 11.1 Å². The van der Waals surface area contributed by atoms with Crippen LogP contribution in [0.3, 0.4) is 0 Å². The minimum absolute atomic E-state index is 0.345. The molecule has 2 heterocycles. The predicted molar refractivity (Wildman–Crippen MR) is 70.6 cm³/mol. The van der Waals surface area contributed by atoms with Gasteiger partial charge in [-0.25, -0.2) is 9.78 Å². The average Bonchev–Trinajstić information content (AvgIpc) is 2.65. The van der Waals surface area contributed by atoms with Gasteiger partial charge < -0.3 is 9.73 Å². The molecule has 1 atom stereocenters. The summed E-state index contributed by atoms with van der Waals surface area (Å²) in [7, 11) is 0. The number of nitrogens with zero attached hydrogens (tertiary/aromatic N) is 2. The molecule has 5 nitrogen and oxygen atoms in total. The van der Waals surface area contributed by atoms with Crippen molar-refractivity contribution in [2.45, 2.75) is 33.4 Å². The Hall–Kier alpha value is -1.62. The zero-order valence-electron chi connectivity index (χ0n) is 11.0. The number of fused-ring (bicyclic) bond motifs is 1. The molecule has 0 bridgehead atoms. The van der Waals surface area contributed by atoms with E-state index in [9.17, 15) is 4.79 Å². The number of hydrogen-bond acceptors (Lipinski definition) is 4. The molecule has 5 heteroatoms. The Morgan fingerprint density at radius 3 is 2.94 bits per heavy atom. The molecule has 2 rings (SSSR count). The van der Waals surface area contributed by atoms with Crippen LogP contribution in [0.5, 0.6) is 0 Å². The van der Waals surface area contributed by atoms with E-state index in [1.165, 1.54) is 0 Å². The van der Waals surface area contributed by atoms with Crippen LogP contribution in [-0.4, -0.2) is 22.1 Å². The lowest BCUT2D eigenvalue weighted by molar-refractivity contribution is 0.409. The molecule has 0 radical (unpaired) electrons. The molecule has 98 valence electrons. The maximum atomic E-state index is 11.7. The predicted octanol–water partition coefficient (Wildman–Crippen LogP) is 1.62. The average molecular weight is 249 g/mol. The van der Waals surface area contributed by atoms with Gasteiger partial charge in [-0.2, -0.15) is 0 Å². The molecule has 0 spiro atoms. The topological polar surface area (TPSA) is 60.1 Å². The summed E-state index contributed by atoms with van der Waals surface area (Å²) >= 11 is 0. The Kier molecular flexibility index (Phi) is 3.81. The van der Waals surface area contributed by atoms with E-state index in [1.807, 2.05) is 0 Å². The zero-order valence-corrected chi connectivity index (χ0v) is 11.0. The van der Waals surface area contributed by atoms with Crippen LogP contribution >= 0.6 is 0 Å². The van der Waals surface area contributed by atoms with Crippen LogP contribution in [0.1, 0.15) is 20.8 Å². The summed E-state index contributed by atoms with van der Waals surface area (Å²) < 4.78 is 6.69. The second-order valence-corrected chi connectivity index (χ2v) is 4.83. The first-order valence-corrected chi connectivity index (χ1v) is 6.27. The highest BCUT2D eigenvalue weighted by Gasteiger charge is 2.10. The summed E-state index contributed by atoms with van der Waals surface area (Å²) in [6.07, 6.45) is 1.66. The second-order valence-electron chi connectivity index (χ2n) is 4.83. The summed E-state index contributed by atoms with van der Waals surface area (Å²) in [6.45, 7) is 7.76. The molecule has 1 N–H and O–H groups in total. The van der Waals surface area contributed by atoms with E-state index >= 15 is 0 Å². The lowest BCUT2D eigenvalue weighted by atomic mass is 10.1. The summed E-state index contributed by atoms with van der Waals surface area (Å²) in [5.74, 6) is 0.226. The Balaban J connectivity index is 2.08. The third kappa shape index (κ3) is 2.61. The highest BCUT2D eigenvalue weighted by molar-refractivity contribution is 5.67. The van der Waals surface area contributed by atoms with Crippen molar-refractivity contribution in [2.75, 3.05) is 6.54 Å². The summed E-state index contributed by atoms with van der Waals surface area (Å²) in [5, 5.41) is 3.38. The van der Waals surface area contributed by atoms with Crippen LogP contribution in [0.2, 0.25) is 0 Å². The number of rotatable bonds is 5. The first-order valence-electron chi connectivity index (χ1n) is 6.27. The van der Waals surface area contributed by atoms with Gasteiger partial charge in [0, 0.05) is 25.3 Å². The lowest BCUT2D eigenvalue weighted by Gasteiger charge is -2.17. The van der Waals surface area contributed by atoms with Crippen molar-refractivity contribution in [3.05, 3.63) is 28.9 Å². The van der Waals surface area contributed by atoms with Gasteiger partial charge in [0.25, 0.3) is 0 Å². The maximum absolute atomic E-state index is 11.7. The highest BCUT2D eigenvalue weighted by Crippen LogP contribution is 2.08. The van der Waals surface area contributed by atoms with Gasteiger partial charge in [0.05, 0.1) is 0 Å². The number of oxazole rings is 1. The van der Waals surface area contributed by atoms with E-state index < -0.39 is 0 Å². The van der Waals surface area contributed by atoms with Gasteiger partial charge >= 0.3 is 5.76 Å². The highest BCUT2D eigenvalue weighted by atomic mass is 16.4. The Morgan fingerprint density at radius 1 is 1.44 bits per heavy atom. The Labute approximate surface area is 106 Å². The fraction of sp³-hybridized carbons (Fsp3) is 0.538. The van der Waals surface area contributed by atoms with Gasteiger partial charge in [-0.3, -0.25) is 4.57 Å². The van der Waals surface area contributed by atoms with E-state index in [0.717, 1.165) is 6.54 Å². The molecule has 2 aromatic rings. The van der Waals surface area contributed by atoms with Crippen molar-refractivity contribution in [1.29, 1.82) is 0 Å². The van der Waals surface area contributed by atoms with Crippen molar-refractivity contribution in [2.24, 2.45) is 5.92 Å². The van der Waals surface area contributed by atoms with Gasteiger partial charge in [-0.15, -0.1) is 0 Å². The van der Waals surface area contributed by atoms with Crippen molar-refractivity contribution in [1.82, 2.24) is 14.9 Å². The molecule has 0 aromatic carbocycles. The quantitative estimate of drug-likeness (QED) is 0.874. The molecule has 18 heavy (non-hydrogen) atoms. The Morgan fingerprint density at radius 2 is 2.22 bits per heavy atom. The standard InChI is InChI=1S/C13H19N3O2/c1-9(2)10(3)14-7-8-16-12-11(18-13(16)17)5-4-6-15-12/h4-6,9-10,14H,7-8H2,1-3H3. The first-order chi connectivity index (χ1) is 8.59. The first kappa shape index (κ1) is 12.8. The fourth-order valence-electron chi connectivity index (χ4n) is 1.74. The minimum Gasteiger partial charge on any atom is -0.406 e. The third-order valence-electron chi connectivity index (χ3n) is 3.23. The summed E-state index contributed by atoms with van der Waals surface area (Å²) in [5.41, 5.74) is 1.15. The minimum atomic E-state index is -0.345. The van der Waals surface area contributed by atoms with E-state index in [4.69, 9.17) is 4.42 Å². The molecule has 0 saturated heterocycles. The molecule has 2 aromatic heterocycles. The molecular weight excluding hydrogens is 230 g/mol. The molecule has 0 aliphatic heterocycles. The number of hydrogen-bond donors (Lipinski definition) is 1. The maximum Gasteiger partial charge on any atom is 0.421 e. The zero-order chi connectivity index (χ0) is 13.1. The normalized spacial score (nSPS) is 13.3. The van der Waals surface area contributed by atoms with Crippen molar-refractivity contribution in [3.63, 3.8) is 0 Å². The van der Waals surface area contributed by atoms with Crippen LogP contribution in [-0.2, 0) is 6.54 Å². The molecule has 0 aliphatic rings. The molecule has 0 amide bonds. The van der Waals surface area contributed by atoms with Crippen LogP contribution in [0.15, 0.2) is 27.5 Å². The summed E-state index contributed by atoms with van der Waals surface area (Å²) in [6, 6.07) is 3.94. The largest absolute Gasteiger partial charge is 0.421 e. The monoisotopic (exact) mass is 249 g/mol. The molecular formula is C13H19N3O2. The fourth-order valence-corrected chi connectivity index (χ4v) is 1.74. The molecule has 0 fully saturated rings. The van der Waals surface area contributed by atoms with E-state index in [-0.39, 0.29) is 5.76 Å². The van der Waals surface area contributed by atoms with Crippen molar-refractivity contribution < 1.29 is 4.42 Å². The van der Waals surface area contributed by atoms with E-state index in [2.05, 4.69) is 31.1 Å². The number of nitrogens with one attached hydrogen (secondary N) is 1. The van der Waals surface area contributed by atoms with Crippen molar-refractivity contribution in [3.8, 4) is 0 Å². The lowest BCUT2D eigenvalue weighted by Crippen LogP contribution is -2.34. The van der Waals surface area contributed by atoms with Crippen LogP contribution in [0, 0.1) is 5.92 Å². The van der Waals surface area contributed by atoms with Gasteiger partial charge in [0.15, 0.2) is 11.2 Å². The molecule has 0 saturated carbocycles. The van der Waals surface area contributed by atoms with Crippen LogP contribution in [0.4, 0.5) is 0 Å². The molecule has 0 aliphatic carbocycles. The van der Waals surface area contributed by atoms with E-state index in [1.54, 1.807) is 22.9 Å². The summed E-state index contributed by atoms with van der Waals surface area (Å²) in [4.78, 5) is 15.9. The number of pyridine rings is 1. The van der Waals surface area contributed by atoms with Gasteiger partial charge in [0.2, 0.25) is 0 Å². The van der Waals surface area contributed by atoms with Gasteiger partial charge in [0.1, 0.15) is 0 Å². The van der Waals surface area contributed by atoms with Crippen molar-refractivity contribution >= 4 is 11.2 Å². The SMILES string of the molecule is CC(C)C(C)NCCn1c(=O)oc2cccnc21. The molecule has 1 unspecified atom stereocenters. The van der Waals surface area contributed by atoms with E-state index in [0.29, 0.717) is 29.7 Å².